The van der Waals surface area contributed by atoms with Crippen molar-refractivity contribution in [1.29, 1.82) is 0 Å². The summed E-state index contributed by atoms with van der Waals surface area (Å²) in [5.74, 6) is 0. The fourth-order valence-electron chi connectivity index (χ4n) is 2.09. The minimum absolute atomic E-state index is 0.278. The van der Waals surface area contributed by atoms with E-state index in [0.717, 1.165) is 27.7 Å². The SMILES string of the molecule is CCc1c(Br)[nH]c(S(=O)(=O)c2ccc(C)cc2)c1C. The first kappa shape index (κ1) is 14.3. The fourth-order valence-corrected chi connectivity index (χ4v) is 4.49. The van der Waals surface area contributed by atoms with Crippen LogP contribution in [0.3, 0.4) is 0 Å². The van der Waals surface area contributed by atoms with Crippen molar-refractivity contribution in [3.05, 3.63) is 45.6 Å². The molecule has 0 saturated heterocycles. The molecule has 3 nitrogen and oxygen atoms in total. The number of H-pyrrole nitrogens is 1. The highest BCUT2D eigenvalue weighted by Crippen LogP contribution is 2.30. The van der Waals surface area contributed by atoms with Crippen LogP contribution in [0.1, 0.15) is 23.6 Å². The molecule has 2 rings (SSSR count). The van der Waals surface area contributed by atoms with Crippen LogP contribution in [0.4, 0.5) is 0 Å². The Hall–Kier alpha value is -1.07. The van der Waals surface area contributed by atoms with Crippen LogP contribution in [0.15, 0.2) is 38.8 Å². The smallest absolute Gasteiger partial charge is 0.222 e. The Morgan fingerprint density at radius 2 is 1.74 bits per heavy atom. The van der Waals surface area contributed by atoms with Gasteiger partial charge in [0.2, 0.25) is 9.84 Å². The van der Waals surface area contributed by atoms with Gasteiger partial charge >= 0.3 is 0 Å². The maximum Gasteiger partial charge on any atom is 0.222 e. The zero-order valence-corrected chi connectivity index (χ0v) is 13.5. The van der Waals surface area contributed by atoms with Crippen LogP contribution in [-0.4, -0.2) is 13.4 Å². The van der Waals surface area contributed by atoms with Gasteiger partial charge in [0.15, 0.2) is 0 Å². The lowest BCUT2D eigenvalue weighted by Crippen LogP contribution is -2.04. The molecule has 5 heteroatoms. The second kappa shape index (κ2) is 5.13. The molecule has 0 radical (unpaired) electrons. The molecule has 0 bridgehead atoms. The van der Waals surface area contributed by atoms with Gasteiger partial charge in [-0.05, 0) is 59.5 Å². The lowest BCUT2D eigenvalue weighted by Gasteiger charge is -2.04. The highest BCUT2D eigenvalue weighted by Gasteiger charge is 2.24. The molecule has 0 aliphatic carbocycles. The molecule has 1 heterocycles. The third kappa shape index (κ3) is 2.49. The molecule has 1 N–H and O–H groups in total. The van der Waals surface area contributed by atoms with Gasteiger partial charge in [-0.1, -0.05) is 24.6 Å². The molecule has 0 atom stereocenters. The van der Waals surface area contributed by atoms with Crippen molar-refractivity contribution in [1.82, 2.24) is 4.98 Å². The molecule has 102 valence electrons. The number of aromatic amines is 1. The predicted octanol–water partition coefficient (Wildman–Crippen LogP) is 3.79. The molecule has 1 aromatic heterocycles. The van der Waals surface area contributed by atoms with Crippen LogP contribution in [-0.2, 0) is 16.3 Å². The molecule has 19 heavy (non-hydrogen) atoms. The molecule has 0 fully saturated rings. The maximum absolute atomic E-state index is 12.6. The van der Waals surface area contributed by atoms with Gasteiger partial charge in [-0.3, -0.25) is 0 Å². The van der Waals surface area contributed by atoms with E-state index in [0.29, 0.717) is 4.90 Å². The molecule has 0 amide bonds. The summed E-state index contributed by atoms with van der Waals surface area (Å²) in [4.78, 5) is 3.26. The van der Waals surface area contributed by atoms with Gasteiger partial charge in [0.25, 0.3) is 0 Å². The summed E-state index contributed by atoms with van der Waals surface area (Å²) < 4.78 is 25.9. The lowest BCUT2D eigenvalue weighted by atomic mass is 10.2. The van der Waals surface area contributed by atoms with Crippen LogP contribution in [0.5, 0.6) is 0 Å². The number of halogens is 1. The largest absolute Gasteiger partial charge is 0.340 e. The first-order valence-electron chi connectivity index (χ1n) is 6.06. The summed E-state index contributed by atoms with van der Waals surface area (Å²) >= 11 is 3.38. The monoisotopic (exact) mass is 341 g/mol. The van der Waals surface area contributed by atoms with E-state index in [2.05, 4.69) is 20.9 Å². The number of nitrogens with one attached hydrogen (secondary N) is 1. The average molecular weight is 342 g/mol. The van der Waals surface area contributed by atoms with E-state index in [9.17, 15) is 8.42 Å². The standard InChI is InChI=1S/C14H16BrNO2S/c1-4-12-10(3)14(16-13(12)15)19(17,18)11-7-5-9(2)6-8-11/h5-8,16H,4H2,1-3H3. The summed E-state index contributed by atoms with van der Waals surface area (Å²) in [5, 5.41) is 0.278. The number of sulfone groups is 1. The minimum Gasteiger partial charge on any atom is -0.340 e. The summed E-state index contributed by atoms with van der Waals surface area (Å²) in [7, 11) is -3.48. The van der Waals surface area contributed by atoms with Gasteiger partial charge < -0.3 is 4.98 Å². The number of rotatable bonds is 3. The normalized spacial score (nSPS) is 11.8. The molecular weight excluding hydrogens is 326 g/mol. The van der Waals surface area contributed by atoms with Crippen molar-refractivity contribution in [2.45, 2.75) is 37.1 Å². The fraction of sp³-hybridized carbons (Fsp3) is 0.286. The van der Waals surface area contributed by atoms with Crippen molar-refractivity contribution < 1.29 is 8.42 Å². The number of benzene rings is 1. The third-order valence-electron chi connectivity index (χ3n) is 3.24. The van der Waals surface area contributed by atoms with Crippen molar-refractivity contribution in [3.8, 4) is 0 Å². The Bertz CT molecular complexity index is 700. The quantitative estimate of drug-likeness (QED) is 0.923. The minimum atomic E-state index is -3.48. The predicted molar refractivity (Wildman–Crippen MR) is 79.2 cm³/mol. The Kier molecular flexibility index (Phi) is 3.87. The van der Waals surface area contributed by atoms with E-state index in [1.807, 2.05) is 20.8 Å². The Morgan fingerprint density at radius 3 is 2.21 bits per heavy atom. The first-order valence-corrected chi connectivity index (χ1v) is 8.34. The topological polar surface area (TPSA) is 49.9 Å². The van der Waals surface area contributed by atoms with Crippen LogP contribution in [0, 0.1) is 13.8 Å². The number of hydrogen-bond acceptors (Lipinski definition) is 2. The molecule has 0 aliphatic rings. The van der Waals surface area contributed by atoms with E-state index in [1.54, 1.807) is 24.3 Å². The summed E-state index contributed by atoms with van der Waals surface area (Å²) in [6.45, 7) is 5.77. The number of aromatic nitrogens is 1. The van der Waals surface area contributed by atoms with Crippen LogP contribution < -0.4 is 0 Å². The third-order valence-corrected chi connectivity index (χ3v) is 5.75. The van der Waals surface area contributed by atoms with E-state index in [-0.39, 0.29) is 5.03 Å². The number of aryl methyl sites for hydroxylation is 1. The van der Waals surface area contributed by atoms with E-state index < -0.39 is 9.84 Å². The summed E-state index contributed by atoms with van der Waals surface area (Å²) in [5.41, 5.74) is 2.83. The second-order valence-electron chi connectivity index (χ2n) is 4.54. The molecule has 0 unspecified atom stereocenters. The molecule has 0 spiro atoms. The summed E-state index contributed by atoms with van der Waals surface area (Å²) in [6.07, 6.45) is 0.784. The van der Waals surface area contributed by atoms with E-state index in [4.69, 9.17) is 0 Å². The van der Waals surface area contributed by atoms with Gasteiger partial charge in [-0.15, -0.1) is 0 Å². The van der Waals surface area contributed by atoms with Crippen LogP contribution >= 0.6 is 15.9 Å². The van der Waals surface area contributed by atoms with Crippen molar-refractivity contribution in [2.24, 2.45) is 0 Å². The Balaban J connectivity index is 2.60. The van der Waals surface area contributed by atoms with Gasteiger partial charge in [0, 0.05) is 0 Å². The van der Waals surface area contributed by atoms with Crippen LogP contribution in [0.25, 0.3) is 0 Å². The molecule has 0 saturated carbocycles. The zero-order valence-electron chi connectivity index (χ0n) is 11.1. The Morgan fingerprint density at radius 1 is 1.16 bits per heavy atom. The van der Waals surface area contributed by atoms with Crippen molar-refractivity contribution in [3.63, 3.8) is 0 Å². The molecule has 2 aromatic rings. The Labute approximate surface area is 122 Å². The van der Waals surface area contributed by atoms with Crippen molar-refractivity contribution >= 4 is 25.8 Å². The second-order valence-corrected chi connectivity index (χ2v) is 7.22. The average Bonchev–Trinajstić information content (AvgIpc) is 2.65. The van der Waals surface area contributed by atoms with Gasteiger partial charge in [0.1, 0.15) is 5.03 Å². The van der Waals surface area contributed by atoms with E-state index >= 15 is 0 Å². The van der Waals surface area contributed by atoms with Crippen LogP contribution in [0.2, 0.25) is 0 Å². The highest BCUT2D eigenvalue weighted by atomic mass is 79.9. The maximum atomic E-state index is 12.6. The van der Waals surface area contributed by atoms with Gasteiger partial charge in [-0.25, -0.2) is 8.42 Å². The van der Waals surface area contributed by atoms with Gasteiger partial charge in [-0.2, -0.15) is 0 Å². The van der Waals surface area contributed by atoms with Gasteiger partial charge in [0.05, 0.1) is 9.50 Å². The highest BCUT2D eigenvalue weighted by molar-refractivity contribution is 9.10. The lowest BCUT2D eigenvalue weighted by molar-refractivity contribution is 0.592. The zero-order chi connectivity index (χ0) is 14.2. The van der Waals surface area contributed by atoms with E-state index in [1.165, 1.54) is 0 Å². The number of hydrogen-bond donors (Lipinski definition) is 1. The summed E-state index contributed by atoms with van der Waals surface area (Å²) in [6, 6.07) is 6.90. The molecule has 1 aromatic carbocycles. The van der Waals surface area contributed by atoms with Crippen molar-refractivity contribution in [2.75, 3.05) is 0 Å². The molecular formula is C14H16BrNO2S. The molecule has 0 aliphatic heterocycles. The first-order chi connectivity index (χ1) is 8.87.